The molecule has 8 nitrogen and oxygen atoms in total. The van der Waals surface area contributed by atoms with E-state index in [0.29, 0.717) is 17.3 Å². The van der Waals surface area contributed by atoms with Crippen molar-refractivity contribution >= 4 is 29.1 Å². The van der Waals surface area contributed by atoms with Crippen LogP contribution in [0.2, 0.25) is 0 Å². The Balaban J connectivity index is 1.49. The number of anilines is 2. The second-order valence-electron chi connectivity index (χ2n) is 7.81. The number of hydrogen-bond acceptors (Lipinski definition) is 6. The number of benzene rings is 2. The third-order valence-corrected chi connectivity index (χ3v) is 5.40. The molecule has 0 aromatic heterocycles. The van der Waals surface area contributed by atoms with Crippen LogP contribution in [0.1, 0.15) is 30.9 Å². The Bertz CT molecular complexity index is 1030. The molecule has 1 saturated heterocycles. The molecular weight excluding hydrogens is 382 g/mol. The van der Waals surface area contributed by atoms with Crippen molar-refractivity contribution < 1.29 is 14.4 Å². The first-order valence-electron chi connectivity index (χ1n) is 9.87. The van der Waals surface area contributed by atoms with Crippen LogP contribution < -0.4 is 10.2 Å². The highest BCUT2D eigenvalue weighted by Gasteiger charge is 2.55. The molecule has 1 N–H and O–H groups in total. The van der Waals surface area contributed by atoms with Crippen molar-refractivity contribution in [3.05, 3.63) is 59.7 Å². The van der Waals surface area contributed by atoms with Crippen LogP contribution in [-0.2, 0) is 14.4 Å². The molecule has 2 aliphatic rings. The number of aryl methyl sites for hydroxylation is 1. The molecule has 8 heteroatoms. The lowest BCUT2D eigenvalue weighted by atomic mass is 10.0. The Labute approximate surface area is 174 Å². The molecule has 30 heavy (non-hydrogen) atoms. The largest absolute Gasteiger partial charge is 0.324 e. The Morgan fingerprint density at radius 1 is 1.07 bits per heavy atom. The van der Waals surface area contributed by atoms with Crippen LogP contribution in [0, 0.1) is 6.92 Å². The molecule has 4 rings (SSSR count). The smallest absolute Gasteiger partial charge is 0.263 e. The number of para-hydroxylation sites is 1. The summed E-state index contributed by atoms with van der Waals surface area (Å²) in [5.41, 5.74) is 3.24. The monoisotopic (exact) mass is 405 g/mol. The lowest BCUT2D eigenvalue weighted by molar-refractivity contribution is -0.123. The van der Waals surface area contributed by atoms with Gasteiger partial charge in [0, 0.05) is 5.69 Å². The minimum Gasteiger partial charge on any atom is -0.324 e. The van der Waals surface area contributed by atoms with Crippen LogP contribution >= 0.6 is 0 Å². The Hall–Kier alpha value is -3.55. The highest BCUT2D eigenvalue weighted by Crippen LogP contribution is 2.32. The molecule has 0 saturated carbocycles. The highest BCUT2D eigenvalue weighted by atomic mass is 16.2. The van der Waals surface area contributed by atoms with E-state index in [9.17, 15) is 14.4 Å². The van der Waals surface area contributed by atoms with Crippen molar-refractivity contribution in [2.24, 2.45) is 10.3 Å². The minimum absolute atomic E-state index is 0.169. The van der Waals surface area contributed by atoms with Crippen molar-refractivity contribution in [2.75, 3.05) is 16.8 Å². The van der Waals surface area contributed by atoms with Crippen molar-refractivity contribution in [2.45, 2.75) is 38.8 Å². The third kappa shape index (κ3) is 3.45. The van der Waals surface area contributed by atoms with E-state index in [2.05, 4.69) is 29.5 Å². The molecule has 2 atom stereocenters. The molecule has 154 valence electrons. The van der Waals surface area contributed by atoms with Crippen LogP contribution in [-0.4, -0.2) is 41.4 Å². The summed E-state index contributed by atoms with van der Waals surface area (Å²) in [6.45, 7) is 5.87. The Morgan fingerprint density at radius 3 is 2.43 bits per heavy atom. The molecule has 0 spiro atoms. The van der Waals surface area contributed by atoms with E-state index in [1.54, 1.807) is 18.2 Å². The van der Waals surface area contributed by atoms with Crippen molar-refractivity contribution in [3.8, 4) is 0 Å². The molecule has 2 aliphatic heterocycles. The summed E-state index contributed by atoms with van der Waals surface area (Å²) < 4.78 is 0. The van der Waals surface area contributed by atoms with Crippen LogP contribution in [0.3, 0.4) is 0 Å². The zero-order valence-corrected chi connectivity index (χ0v) is 17.1. The van der Waals surface area contributed by atoms with Crippen molar-refractivity contribution in [3.63, 3.8) is 0 Å². The first-order valence-corrected chi connectivity index (χ1v) is 9.87. The predicted octanol–water partition coefficient (Wildman–Crippen LogP) is 3.05. The summed E-state index contributed by atoms with van der Waals surface area (Å²) in [4.78, 5) is 39.5. The maximum Gasteiger partial charge on any atom is 0.263 e. The summed E-state index contributed by atoms with van der Waals surface area (Å²) in [5.74, 6) is -0.827. The third-order valence-electron chi connectivity index (χ3n) is 5.40. The lowest BCUT2D eigenvalue weighted by Crippen LogP contribution is -2.43. The van der Waals surface area contributed by atoms with Gasteiger partial charge in [-0.15, -0.1) is 0 Å². The number of nitrogens with one attached hydrogen (secondary N) is 1. The van der Waals surface area contributed by atoms with Gasteiger partial charge in [-0.3, -0.25) is 19.4 Å². The summed E-state index contributed by atoms with van der Waals surface area (Å²) in [5, 5.41) is 12.0. The van der Waals surface area contributed by atoms with E-state index >= 15 is 0 Å². The van der Waals surface area contributed by atoms with Gasteiger partial charge in [0.1, 0.15) is 6.54 Å². The first kappa shape index (κ1) is 19.8. The topological polar surface area (TPSA) is 94.4 Å². The number of fused-ring (bicyclic) bond motifs is 1. The van der Waals surface area contributed by atoms with Gasteiger partial charge >= 0.3 is 0 Å². The molecule has 2 aromatic carbocycles. The molecule has 1 fully saturated rings. The minimum atomic E-state index is -0.923. The summed E-state index contributed by atoms with van der Waals surface area (Å²) >= 11 is 0. The fourth-order valence-corrected chi connectivity index (χ4v) is 3.67. The van der Waals surface area contributed by atoms with Gasteiger partial charge < -0.3 is 5.32 Å². The summed E-state index contributed by atoms with van der Waals surface area (Å²) in [7, 11) is 0. The fourth-order valence-electron chi connectivity index (χ4n) is 3.67. The second-order valence-corrected chi connectivity index (χ2v) is 7.81. The van der Waals surface area contributed by atoms with E-state index in [1.807, 2.05) is 37.3 Å². The van der Waals surface area contributed by atoms with Gasteiger partial charge in [0.05, 0.1) is 5.69 Å². The Morgan fingerprint density at radius 2 is 1.77 bits per heavy atom. The zero-order chi connectivity index (χ0) is 21.4. The lowest BCUT2D eigenvalue weighted by Gasteiger charge is -2.20. The number of imide groups is 1. The molecule has 2 heterocycles. The van der Waals surface area contributed by atoms with Crippen molar-refractivity contribution in [1.29, 1.82) is 0 Å². The normalized spacial score (nSPS) is 20.3. The van der Waals surface area contributed by atoms with Crippen molar-refractivity contribution in [1.82, 2.24) is 5.01 Å². The number of carbonyl (C=O) groups excluding carboxylic acids is 3. The number of carbonyl (C=O) groups is 3. The van der Waals surface area contributed by atoms with Gasteiger partial charge in [0.15, 0.2) is 12.1 Å². The molecule has 0 unspecified atom stereocenters. The molecule has 0 radical (unpaired) electrons. The summed E-state index contributed by atoms with van der Waals surface area (Å²) in [6.07, 6.45) is 0. The van der Waals surface area contributed by atoms with Crippen LogP contribution in [0.15, 0.2) is 58.9 Å². The van der Waals surface area contributed by atoms with Gasteiger partial charge in [-0.1, -0.05) is 49.4 Å². The molecule has 0 bridgehead atoms. The molecule has 0 aliphatic carbocycles. The SMILES string of the molecule is Cc1ccccc1NC(=O)CN1N=N[C@H]2C(=O)N(c3ccc(C(C)C)cc3)C(=O)[C@@H]21. The maximum atomic E-state index is 13.0. The molecule has 2 aromatic rings. The van der Waals surface area contributed by atoms with E-state index in [4.69, 9.17) is 0 Å². The number of nitrogens with zero attached hydrogens (tertiary/aromatic N) is 4. The summed E-state index contributed by atoms with van der Waals surface area (Å²) in [6, 6.07) is 12.9. The zero-order valence-electron chi connectivity index (χ0n) is 17.1. The van der Waals surface area contributed by atoms with Gasteiger partial charge in [0.25, 0.3) is 11.8 Å². The number of rotatable bonds is 5. The van der Waals surface area contributed by atoms with E-state index in [0.717, 1.165) is 16.0 Å². The van der Waals surface area contributed by atoms with E-state index in [1.165, 1.54) is 5.01 Å². The molecule has 3 amide bonds. The average Bonchev–Trinajstić information content (AvgIpc) is 3.23. The first-order chi connectivity index (χ1) is 14.4. The van der Waals surface area contributed by atoms with Gasteiger partial charge in [-0.2, -0.15) is 5.11 Å². The quantitative estimate of drug-likeness (QED) is 0.774. The Kier molecular flexibility index (Phi) is 5.07. The standard InChI is InChI=1S/C22H23N5O3/c1-13(2)15-8-10-16(11-9-15)27-21(29)19-20(22(27)30)26(25-24-19)12-18(28)23-17-7-5-4-6-14(17)3/h4-11,13,19-20H,12H2,1-3H3,(H,23,28)/t19-,20-/m1/s1. The second kappa shape index (κ2) is 7.70. The highest BCUT2D eigenvalue weighted by molar-refractivity contribution is 6.25. The average molecular weight is 405 g/mol. The van der Waals surface area contributed by atoms with Gasteiger partial charge in [-0.05, 0) is 42.2 Å². The number of amides is 3. The molecular formula is C22H23N5O3. The predicted molar refractivity (Wildman–Crippen MR) is 112 cm³/mol. The van der Waals surface area contributed by atoms with E-state index in [-0.39, 0.29) is 12.5 Å². The van der Waals surface area contributed by atoms with Gasteiger partial charge in [-0.25, -0.2) is 4.90 Å². The van der Waals surface area contributed by atoms with Crippen LogP contribution in [0.25, 0.3) is 0 Å². The maximum absolute atomic E-state index is 13.0. The van der Waals surface area contributed by atoms with E-state index < -0.39 is 23.9 Å². The van der Waals surface area contributed by atoms with Crippen LogP contribution in [0.5, 0.6) is 0 Å². The number of hydrogen-bond donors (Lipinski definition) is 1. The van der Waals surface area contributed by atoms with Crippen LogP contribution in [0.4, 0.5) is 11.4 Å². The van der Waals surface area contributed by atoms with Gasteiger partial charge in [0.2, 0.25) is 5.91 Å². The fraction of sp³-hybridized carbons (Fsp3) is 0.318.